The van der Waals surface area contributed by atoms with Gasteiger partial charge >= 0.3 is 0 Å². The summed E-state index contributed by atoms with van der Waals surface area (Å²) in [6, 6.07) is 72.7. The number of benzene rings is 13. The zero-order valence-electron chi connectivity index (χ0n) is 91.7. The van der Waals surface area contributed by atoms with Crippen molar-refractivity contribution in [3.63, 3.8) is 0 Å². The quantitative estimate of drug-likeness (QED) is 0.125. The second-order valence-electron chi connectivity index (χ2n) is 54.8. The van der Waals surface area contributed by atoms with E-state index in [1.807, 2.05) is 0 Å². The number of para-hydroxylation sites is 2. The van der Waals surface area contributed by atoms with Gasteiger partial charge in [0.1, 0.15) is 46.0 Å². The minimum Gasteiger partial charge on any atom is -0.458 e. The molecule has 0 radical (unpaired) electrons. The fraction of sp³-hybridized carbons (Fsp3) is 0.391. The number of hydrogen-bond donors (Lipinski definition) is 0. The first-order valence-corrected chi connectivity index (χ1v) is 54.3. The highest BCUT2D eigenvalue weighted by Crippen LogP contribution is 2.56. The molecular formula is C128H144B3N5O4S2. The van der Waals surface area contributed by atoms with Crippen LogP contribution in [-0.4, -0.2) is 46.4 Å². The Morgan fingerprint density at radius 1 is 0.197 bits per heavy atom. The molecule has 3 aromatic heterocycles. The van der Waals surface area contributed by atoms with Crippen molar-refractivity contribution in [1.82, 2.24) is 13.7 Å². The molecule has 6 aliphatic heterocycles. The van der Waals surface area contributed by atoms with Crippen LogP contribution in [0.1, 0.15) is 316 Å². The Bertz CT molecular complexity index is 7560. The molecule has 9 nitrogen and oxygen atoms in total. The van der Waals surface area contributed by atoms with Crippen LogP contribution in [0.2, 0.25) is 0 Å². The van der Waals surface area contributed by atoms with Crippen molar-refractivity contribution >= 4 is 181 Å². The molecule has 9 heterocycles. The lowest BCUT2D eigenvalue weighted by Gasteiger charge is -2.44. The normalized spacial score (nSPS) is 14.9. The molecule has 0 saturated carbocycles. The molecule has 22 rings (SSSR count). The van der Waals surface area contributed by atoms with Crippen molar-refractivity contribution in [3.8, 4) is 63.1 Å². The lowest BCUT2D eigenvalue weighted by atomic mass is 9.30. The monoisotopic (exact) mass is 1910 g/mol. The molecular weight excluding hydrogens is 1770 g/mol. The number of ether oxygens (including phenoxy) is 4. The molecule has 0 saturated heterocycles. The van der Waals surface area contributed by atoms with Gasteiger partial charge < -0.3 is 32.6 Å². The summed E-state index contributed by atoms with van der Waals surface area (Å²) < 4.78 is 44.4. The highest BCUT2D eigenvalue weighted by molar-refractivity contribution is 8.00. The van der Waals surface area contributed by atoms with Crippen molar-refractivity contribution < 1.29 is 18.9 Å². The van der Waals surface area contributed by atoms with Gasteiger partial charge in [0.25, 0.3) is 20.1 Å². The number of nitrogens with zero attached hydrogens (tertiary/aromatic N) is 5. The summed E-state index contributed by atoms with van der Waals surface area (Å²) in [4.78, 5) is 0. The third kappa shape index (κ3) is 14.7. The van der Waals surface area contributed by atoms with E-state index in [-0.39, 0.29) is 85.1 Å². The molecule has 16 aromatic rings. The molecule has 13 aromatic carbocycles. The van der Waals surface area contributed by atoms with Crippen molar-refractivity contribution in [2.45, 2.75) is 314 Å². The van der Waals surface area contributed by atoms with Crippen LogP contribution in [0.5, 0.6) is 46.0 Å². The summed E-state index contributed by atoms with van der Waals surface area (Å²) in [6.07, 6.45) is 4.56. The molecule has 0 aliphatic carbocycles. The van der Waals surface area contributed by atoms with Crippen LogP contribution in [0, 0.1) is 0 Å². The zero-order chi connectivity index (χ0) is 102. The van der Waals surface area contributed by atoms with Crippen molar-refractivity contribution in [2.75, 3.05) is 21.1 Å². The summed E-state index contributed by atoms with van der Waals surface area (Å²) in [7, 11) is 0. The fourth-order valence-corrected chi connectivity index (χ4v) is 25.6. The maximum atomic E-state index is 8.08. The van der Waals surface area contributed by atoms with E-state index in [9.17, 15) is 0 Å². The molecule has 0 fully saturated rings. The SMILES string of the molecule is CSN1c2cc3c(cc2B2c4cc5c(cc4N(SC)c4cc(-n6c7c(C(C)(C)C)cc(C(C)(C)C)cc7c7cc(C(C)(C)C)cc(C(C)(C)C)c76)cc1c42)Oc1cc(-n2c4c(C(C)(C)C)cc(C(C)(C)C)cc4c4cc(C(C)(C)C)cc(C(C)(C)C)c42)cc2c1B5c1ccccc1O2)B1c2ccccc2Oc2cc(-n4c5c(C(C)(C)C)cc(C(C)(C)C)cc5c5cc(C(C)(C)C)cc(C(C)(C)C)c54)cc(c21)O3. The maximum Gasteiger partial charge on any atom is 0.260 e. The second kappa shape index (κ2) is 30.8. The first-order chi connectivity index (χ1) is 65.9. The van der Waals surface area contributed by atoms with Gasteiger partial charge in [0.05, 0.1) is 72.9 Å². The number of anilines is 4. The molecule has 0 atom stereocenters. The summed E-state index contributed by atoms with van der Waals surface area (Å²) >= 11 is 3.55. The van der Waals surface area contributed by atoms with Gasteiger partial charge in [0, 0.05) is 92.2 Å². The molecule has 0 spiro atoms. The minimum atomic E-state index is -0.330. The Morgan fingerprint density at radius 2 is 0.415 bits per heavy atom. The number of rotatable bonds is 5. The molecule has 0 bridgehead atoms. The number of fused-ring (bicyclic) bond motifs is 21. The number of aromatic nitrogens is 3. The molecule has 0 unspecified atom stereocenters. The van der Waals surface area contributed by atoms with Gasteiger partial charge in [-0.2, -0.15) is 0 Å². The van der Waals surface area contributed by atoms with Gasteiger partial charge in [0.2, 0.25) is 0 Å². The first kappa shape index (κ1) is 95.8. The van der Waals surface area contributed by atoms with E-state index < -0.39 is 0 Å². The third-order valence-electron chi connectivity index (χ3n) is 32.0. The highest BCUT2D eigenvalue weighted by Gasteiger charge is 2.52. The average Bonchev–Trinajstić information content (AvgIpc) is 0.742. The van der Waals surface area contributed by atoms with Crippen LogP contribution >= 0.6 is 23.9 Å². The van der Waals surface area contributed by atoms with Gasteiger partial charge in [-0.25, -0.2) is 0 Å². The predicted octanol–water partition coefficient (Wildman–Crippen LogP) is 30.0. The summed E-state index contributed by atoms with van der Waals surface area (Å²) in [5.74, 6) is 6.49. The van der Waals surface area contributed by atoms with Crippen LogP contribution in [0.4, 0.5) is 22.7 Å². The largest absolute Gasteiger partial charge is 0.458 e. The first-order valence-electron chi connectivity index (χ1n) is 51.9. The fourth-order valence-electron chi connectivity index (χ4n) is 24.2. The average molecular weight is 1910 g/mol. The maximum absolute atomic E-state index is 8.08. The van der Waals surface area contributed by atoms with Gasteiger partial charge in [0.15, 0.2) is 0 Å². The van der Waals surface area contributed by atoms with Crippen LogP contribution in [0.15, 0.2) is 182 Å². The minimum absolute atomic E-state index is 0.124. The highest BCUT2D eigenvalue weighted by atomic mass is 32.2. The Kier molecular flexibility index (Phi) is 20.8. The molecule has 0 amide bonds. The van der Waals surface area contributed by atoms with E-state index in [1.165, 1.54) is 149 Å². The zero-order valence-corrected chi connectivity index (χ0v) is 93.4. The van der Waals surface area contributed by atoms with E-state index in [0.29, 0.717) is 0 Å². The Morgan fingerprint density at radius 3 is 0.641 bits per heavy atom. The lowest BCUT2D eigenvalue weighted by molar-refractivity contribution is 0.464. The van der Waals surface area contributed by atoms with Crippen molar-refractivity contribution in [2.24, 2.45) is 0 Å². The number of hydrogen-bond acceptors (Lipinski definition) is 8. The van der Waals surface area contributed by atoms with E-state index in [0.717, 1.165) is 119 Å². The topological polar surface area (TPSA) is 58.2 Å². The van der Waals surface area contributed by atoms with Gasteiger partial charge in [-0.1, -0.05) is 334 Å². The summed E-state index contributed by atoms with van der Waals surface area (Å²) in [5.41, 5.74) is 38.4. The van der Waals surface area contributed by atoms with Crippen LogP contribution in [-0.2, 0) is 65.0 Å². The Balaban J connectivity index is 0.830. The van der Waals surface area contributed by atoms with Crippen molar-refractivity contribution in [3.05, 3.63) is 249 Å². The molecule has 6 aliphatic rings. The molecule has 142 heavy (non-hydrogen) atoms. The van der Waals surface area contributed by atoms with E-state index in [1.54, 1.807) is 23.9 Å². The standard InChI is InChI=1S/C128H144B3N5O4S2/c1-117(2,3)69-47-78-79-48-70(118(4,5)6)54-85(124(22,23)24)112(79)132(111(78)84(53-69)123(19,20)21)75-59-98-108-99(60-75)136(142-38)97-68-103-95(130-91-44-40-42-46-101(91)138-105-62-77(64-107(140-103)110(105)130)134-115-82(51-73(121(13,14)15)57-88(115)127(31,32)33)83-52-74(122(16,17)18)58-89(116(83)134)128(34,35)36)66-93(97)131(108)92-65-94-102(67-96(92)135(98)141-37)139-106-63-76(61-104-109(106)129(94)90-43-39-41-45-100(90)137-104)133-113-80(49-71(119(7,8)9)55-86(113)125(25,26)27)81-50-72(120(10,11)12)56-87(114(81)133)126(28,29)30/h39-68H,1-38H3. The van der Waals surface area contributed by atoms with Crippen molar-refractivity contribution in [1.29, 1.82) is 0 Å². The lowest BCUT2D eigenvalue weighted by Crippen LogP contribution is -2.65. The van der Waals surface area contributed by atoms with E-state index >= 15 is 0 Å². The van der Waals surface area contributed by atoms with Gasteiger partial charge in [-0.15, -0.1) is 0 Å². The van der Waals surface area contributed by atoms with Gasteiger partial charge in [-0.05, 0) is 255 Å². The Labute approximate surface area is 854 Å². The smallest absolute Gasteiger partial charge is 0.260 e. The summed E-state index contributed by atoms with van der Waals surface area (Å²) in [5, 5.41) is 7.60. The van der Waals surface area contributed by atoms with Crippen LogP contribution < -0.4 is 76.7 Å². The second-order valence-corrected chi connectivity index (χ2v) is 56.2. The van der Waals surface area contributed by atoms with E-state index in [4.69, 9.17) is 18.9 Å². The van der Waals surface area contributed by atoms with Crippen LogP contribution in [0.3, 0.4) is 0 Å². The van der Waals surface area contributed by atoms with E-state index in [2.05, 4.69) is 466 Å². The summed E-state index contributed by atoms with van der Waals surface area (Å²) in [6.45, 7) is 85.0. The molecule has 726 valence electrons. The Hall–Kier alpha value is -11.0. The molecule has 14 heteroatoms. The third-order valence-corrected chi connectivity index (χ3v) is 33.5. The predicted molar refractivity (Wildman–Crippen MR) is 618 cm³/mol. The van der Waals surface area contributed by atoms with Gasteiger partial charge in [-0.3, -0.25) is 8.61 Å². The van der Waals surface area contributed by atoms with Crippen LogP contribution in [0.25, 0.3) is 82.5 Å². The molecule has 0 N–H and O–H groups in total.